The summed E-state index contributed by atoms with van der Waals surface area (Å²) >= 11 is 0. The van der Waals surface area contributed by atoms with Crippen LogP contribution in [-0.4, -0.2) is 34.1 Å². The SMILES string of the molecule is CNc1cncc(NN2C(C)CCCC2C)n1. The number of hydrazine groups is 1. The van der Waals surface area contributed by atoms with Crippen molar-refractivity contribution in [3.63, 3.8) is 0 Å². The first-order chi connectivity index (χ1) is 8.20. The molecule has 1 saturated heterocycles. The van der Waals surface area contributed by atoms with E-state index in [1.807, 2.05) is 7.05 Å². The minimum Gasteiger partial charge on any atom is -0.372 e. The van der Waals surface area contributed by atoms with Crippen molar-refractivity contribution >= 4 is 11.6 Å². The van der Waals surface area contributed by atoms with Crippen LogP contribution in [0.15, 0.2) is 12.4 Å². The monoisotopic (exact) mass is 235 g/mol. The molecule has 5 nitrogen and oxygen atoms in total. The number of nitrogens with zero attached hydrogens (tertiary/aromatic N) is 3. The second-order valence-corrected chi connectivity index (χ2v) is 4.69. The van der Waals surface area contributed by atoms with E-state index in [1.165, 1.54) is 19.3 Å². The number of rotatable bonds is 3. The Bertz CT molecular complexity index is 358. The number of nitrogens with one attached hydrogen (secondary N) is 2. The van der Waals surface area contributed by atoms with Gasteiger partial charge in [-0.15, -0.1) is 0 Å². The fraction of sp³-hybridized carbons (Fsp3) is 0.667. The van der Waals surface area contributed by atoms with E-state index < -0.39 is 0 Å². The maximum atomic E-state index is 4.43. The average molecular weight is 235 g/mol. The largest absolute Gasteiger partial charge is 0.372 e. The molecule has 1 fully saturated rings. The molecule has 1 aliphatic rings. The van der Waals surface area contributed by atoms with Crippen molar-refractivity contribution in [2.24, 2.45) is 0 Å². The fourth-order valence-electron chi connectivity index (χ4n) is 2.31. The van der Waals surface area contributed by atoms with Crippen LogP contribution < -0.4 is 10.7 Å². The Balaban J connectivity index is 2.07. The molecule has 2 atom stereocenters. The summed E-state index contributed by atoms with van der Waals surface area (Å²) < 4.78 is 0. The van der Waals surface area contributed by atoms with Crippen LogP contribution in [0.2, 0.25) is 0 Å². The summed E-state index contributed by atoms with van der Waals surface area (Å²) in [6.07, 6.45) is 7.25. The van der Waals surface area contributed by atoms with Gasteiger partial charge in [0, 0.05) is 19.1 Å². The summed E-state index contributed by atoms with van der Waals surface area (Å²) in [4.78, 5) is 8.58. The van der Waals surface area contributed by atoms with Crippen molar-refractivity contribution in [1.29, 1.82) is 0 Å². The zero-order valence-electron chi connectivity index (χ0n) is 10.8. The van der Waals surface area contributed by atoms with Gasteiger partial charge in [-0.2, -0.15) is 0 Å². The van der Waals surface area contributed by atoms with Crippen molar-refractivity contribution in [3.05, 3.63) is 12.4 Å². The Morgan fingerprint density at radius 1 is 1.18 bits per heavy atom. The molecule has 5 heteroatoms. The van der Waals surface area contributed by atoms with Crippen LogP contribution in [0.25, 0.3) is 0 Å². The highest BCUT2D eigenvalue weighted by Crippen LogP contribution is 2.22. The Morgan fingerprint density at radius 2 is 1.82 bits per heavy atom. The van der Waals surface area contributed by atoms with Gasteiger partial charge in [0.15, 0.2) is 5.82 Å². The normalized spacial score (nSPS) is 25.6. The summed E-state index contributed by atoms with van der Waals surface area (Å²) in [7, 11) is 1.85. The Hall–Kier alpha value is -1.36. The molecule has 0 aliphatic carbocycles. The molecule has 0 bridgehead atoms. The van der Waals surface area contributed by atoms with Gasteiger partial charge in [0.05, 0.1) is 12.4 Å². The molecule has 2 heterocycles. The third kappa shape index (κ3) is 2.85. The maximum absolute atomic E-state index is 4.43. The minimum absolute atomic E-state index is 0.541. The number of aromatic nitrogens is 2. The van der Waals surface area contributed by atoms with E-state index in [2.05, 4.69) is 39.6 Å². The van der Waals surface area contributed by atoms with Crippen LogP contribution in [-0.2, 0) is 0 Å². The summed E-state index contributed by atoms with van der Waals surface area (Å²) in [6.45, 7) is 4.50. The highest BCUT2D eigenvalue weighted by Gasteiger charge is 2.24. The second-order valence-electron chi connectivity index (χ2n) is 4.69. The van der Waals surface area contributed by atoms with Gasteiger partial charge in [-0.1, -0.05) is 6.42 Å². The molecule has 0 saturated carbocycles. The Morgan fingerprint density at radius 3 is 2.47 bits per heavy atom. The zero-order chi connectivity index (χ0) is 12.3. The third-order valence-corrected chi connectivity index (χ3v) is 3.33. The molecular formula is C12H21N5. The number of piperidine rings is 1. The molecule has 94 valence electrons. The summed E-state index contributed by atoms with van der Waals surface area (Å²) in [5.74, 6) is 1.59. The van der Waals surface area contributed by atoms with Crippen molar-refractivity contribution < 1.29 is 0 Å². The van der Waals surface area contributed by atoms with Gasteiger partial charge in [0.25, 0.3) is 0 Å². The van der Waals surface area contributed by atoms with Gasteiger partial charge >= 0.3 is 0 Å². The lowest BCUT2D eigenvalue weighted by molar-refractivity contribution is 0.135. The van der Waals surface area contributed by atoms with Crippen molar-refractivity contribution in [2.45, 2.75) is 45.2 Å². The van der Waals surface area contributed by atoms with E-state index >= 15 is 0 Å². The number of hydrogen-bond acceptors (Lipinski definition) is 5. The van der Waals surface area contributed by atoms with Gasteiger partial charge in [-0.3, -0.25) is 4.98 Å². The first-order valence-corrected chi connectivity index (χ1v) is 6.25. The first-order valence-electron chi connectivity index (χ1n) is 6.25. The zero-order valence-corrected chi connectivity index (χ0v) is 10.8. The van der Waals surface area contributed by atoms with Gasteiger partial charge in [-0.25, -0.2) is 9.99 Å². The minimum atomic E-state index is 0.541. The van der Waals surface area contributed by atoms with Gasteiger partial charge in [0.2, 0.25) is 0 Å². The number of anilines is 2. The summed E-state index contributed by atoms with van der Waals surface area (Å²) in [5, 5.41) is 5.28. The fourth-order valence-corrected chi connectivity index (χ4v) is 2.31. The lowest BCUT2D eigenvalue weighted by atomic mass is 10.00. The van der Waals surface area contributed by atoms with E-state index in [0.29, 0.717) is 12.1 Å². The van der Waals surface area contributed by atoms with Crippen LogP contribution in [0.5, 0.6) is 0 Å². The van der Waals surface area contributed by atoms with Crippen LogP contribution in [0.3, 0.4) is 0 Å². The maximum Gasteiger partial charge on any atom is 0.161 e. The van der Waals surface area contributed by atoms with Crippen molar-refractivity contribution in [1.82, 2.24) is 15.0 Å². The van der Waals surface area contributed by atoms with Gasteiger partial charge in [0.1, 0.15) is 5.82 Å². The van der Waals surface area contributed by atoms with Crippen LogP contribution in [0.4, 0.5) is 11.6 Å². The van der Waals surface area contributed by atoms with E-state index in [-0.39, 0.29) is 0 Å². The summed E-state index contributed by atoms with van der Waals surface area (Å²) in [6, 6.07) is 1.08. The number of hydrogen-bond donors (Lipinski definition) is 2. The molecule has 2 rings (SSSR count). The predicted octanol–water partition coefficient (Wildman–Crippen LogP) is 2.11. The lowest BCUT2D eigenvalue weighted by Gasteiger charge is -2.39. The van der Waals surface area contributed by atoms with Gasteiger partial charge < -0.3 is 10.7 Å². The molecule has 2 unspecified atom stereocenters. The molecule has 0 amide bonds. The summed E-state index contributed by atoms with van der Waals surface area (Å²) in [5.41, 5.74) is 3.37. The average Bonchev–Trinajstić information content (AvgIpc) is 2.34. The van der Waals surface area contributed by atoms with Crippen LogP contribution >= 0.6 is 0 Å². The Kier molecular flexibility index (Phi) is 3.78. The molecule has 0 spiro atoms. The van der Waals surface area contributed by atoms with Crippen molar-refractivity contribution in [2.75, 3.05) is 17.8 Å². The van der Waals surface area contributed by atoms with Crippen LogP contribution in [0, 0.1) is 0 Å². The first kappa shape index (κ1) is 12.1. The molecule has 0 aromatic carbocycles. The highest BCUT2D eigenvalue weighted by atomic mass is 15.5. The molecule has 2 N–H and O–H groups in total. The predicted molar refractivity (Wildman–Crippen MR) is 69.8 cm³/mol. The van der Waals surface area contributed by atoms with Crippen molar-refractivity contribution in [3.8, 4) is 0 Å². The van der Waals surface area contributed by atoms with E-state index in [0.717, 1.165) is 11.6 Å². The molecule has 1 aliphatic heterocycles. The molecule has 1 aromatic heterocycles. The highest BCUT2D eigenvalue weighted by molar-refractivity contribution is 5.40. The lowest BCUT2D eigenvalue weighted by Crippen LogP contribution is -2.47. The quantitative estimate of drug-likeness (QED) is 0.840. The Labute approximate surface area is 103 Å². The van der Waals surface area contributed by atoms with E-state index in [1.54, 1.807) is 12.4 Å². The van der Waals surface area contributed by atoms with Gasteiger partial charge in [-0.05, 0) is 26.7 Å². The smallest absolute Gasteiger partial charge is 0.161 e. The standard InChI is InChI=1S/C12H21N5/c1-9-5-4-6-10(2)17(9)16-12-8-14-7-11(13-3)15-12/h7-10H,4-6H2,1-3H3,(H2,13,15,16). The van der Waals surface area contributed by atoms with Crippen LogP contribution in [0.1, 0.15) is 33.1 Å². The second kappa shape index (κ2) is 5.31. The molecule has 1 aromatic rings. The van der Waals surface area contributed by atoms with E-state index in [9.17, 15) is 0 Å². The molecular weight excluding hydrogens is 214 g/mol. The van der Waals surface area contributed by atoms with E-state index in [4.69, 9.17) is 0 Å². The molecule has 0 radical (unpaired) electrons. The molecule has 17 heavy (non-hydrogen) atoms. The third-order valence-electron chi connectivity index (χ3n) is 3.33. The topological polar surface area (TPSA) is 53.1 Å².